The summed E-state index contributed by atoms with van der Waals surface area (Å²) in [5.74, 6) is 0.597. The average Bonchev–Trinajstić information content (AvgIpc) is 2.15. The van der Waals surface area contributed by atoms with Gasteiger partial charge in [0.1, 0.15) is 0 Å². The number of hydrogen-bond acceptors (Lipinski definition) is 4. The maximum Gasteiger partial charge on any atom is 0.309 e. The molecule has 2 fully saturated rings. The Morgan fingerprint density at radius 2 is 1.93 bits per heavy atom. The number of hydrogen-bond donors (Lipinski definition) is 1. The summed E-state index contributed by atoms with van der Waals surface area (Å²) in [7, 11) is 1.46. The van der Waals surface area contributed by atoms with Crippen molar-refractivity contribution in [2.24, 2.45) is 17.8 Å². The molecule has 2 aliphatic heterocycles. The van der Waals surface area contributed by atoms with Gasteiger partial charge in [-0.3, -0.25) is 4.79 Å². The van der Waals surface area contributed by atoms with Crippen LogP contribution in [0.2, 0.25) is 0 Å². The molecule has 2 atom stereocenters. The first kappa shape index (κ1) is 11.8. The second-order valence-corrected chi connectivity index (χ2v) is 3.76. The minimum Gasteiger partial charge on any atom is -0.469 e. The van der Waals surface area contributed by atoms with Crippen LogP contribution in [-0.2, 0) is 14.3 Å². The molecule has 0 aromatic heterocycles. The third kappa shape index (κ3) is 2.02. The van der Waals surface area contributed by atoms with Crippen molar-refractivity contribution in [2.75, 3.05) is 33.4 Å². The van der Waals surface area contributed by atoms with Crippen molar-refractivity contribution < 1.29 is 14.3 Å². The molecule has 0 aromatic rings. The molecule has 0 radical (unpaired) electrons. The summed E-state index contributed by atoms with van der Waals surface area (Å²) < 4.78 is 10.2. The Morgan fingerprint density at radius 1 is 1.36 bits per heavy atom. The van der Waals surface area contributed by atoms with Crippen molar-refractivity contribution >= 4 is 18.4 Å². The van der Waals surface area contributed by atoms with E-state index >= 15 is 0 Å². The minimum absolute atomic E-state index is 0. The van der Waals surface area contributed by atoms with Crippen molar-refractivity contribution in [3.8, 4) is 0 Å². The first-order valence-electron chi connectivity index (χ1n) is 4.69. The summed E-state index contributed by atoms with van der Waals surface area (Å²) in [5.41, 5.74) is 0. The molecule has 2 aliphatic rings. The van der Waals surface area contributed by atoms with Gasteiger partial charge >= 0.3 is 5.97 Å². The van der Waals surface area contributed by atoms with Crippen LogP contribution in [0.3, 0.4) is 0 Å². The number of piperidine rings is 1. The number of ether oxygens (including phenoxy) is 2. The van der Waals surface area contributed by atoms with E-state index in [0.29, 0.717) is 25.0 Å². The number of nitrogens with one attached hydrogen (secondary N) is 1. The summed E-state index contributed by atoms with van der Waals surface area (Å²) >= 11 is 0. The van der Waals surface area contributed by atoms with Crippen LogP contribution < -0.4 is 5.32 Å². The van der Waals surface area contributed by atoms with Gasteiger partial charge in [-0.05, 0) is 0 Å². The number of fused-ring (bicyclic) bond motifs is 2. The van der Waals surface area contributed by atoms with Gasteiger partial charge in [0.15, 0.2) is 0 Å². The SMILES string of the molecule is COC(=O)C1C2CNCC1COC2.Cl. The molecule has 2 rings (SSSR count). The van der Waals surface area contributed by atoms with Gasteiger partial charge < -0.3 is 14.8 Å². The molecule has 0 aliphatic carbocycles. The summed E-state index contributed by atoms with van der Waals surface area (Å²) in [5, 5.41) is 3.31. The number of rotatable bonds is 1. The van der Waals surface area contributed by atoms with Crippen LogP contribution in [0.5, 0.6) is 0 Å². The summed E-state index contributed by atoms with van der Waals surface area (Å²) in [6.07, 6.45) is 0. The molecule has 1 N–H and O–H groups in total. The largest absolute Gasteiger partial charge is 0.469 e. The lowest BCUT2D eigenvalue weighted by Gasteiger charge is -2.40. The molecule has 0 spiro atoms. The zero-order valence-electron chi connectivity index (χ0n) is 8.19. The maximum absolute atomic E-state index is 11.5. The van der Waals surface area contributed by atoms with Crippen LogP contribution in [0.25, 0.3) is 0 Å². The Balaban J connectivity index is 0.000000980. The highest BCUT2D eigenvalue weighted by atomic mass is 35.5. The first-order chi connectivity index (χ1) is 6.33. The average molecular weight is 222 g/mol. The van der Waals surface area contributed by atoms with Crippen LogP contribution in [0.1, 0.15) is 0 Å². The van der Waals surface area contributed by atoms with Gasteiger partial charge in [-0.25, -0.2) is 0 Å². The molecule has 0 aromatic carbocycles. The van der Waals surface area contributed by atoms with E-state index in [1.165, 1.54) is 7.11 Å². The zero-order chi connectivity index (χ0) is 9.26. The van der Waals surface area contributed by atoms with E-state index in [4.69, 9.17) is 9.47 Å². The van der Waals surface area contributed by atoms with Gasteiger partial charge in [0.2, 0.25) is 0 Å². The molecule has 2 bridgehead atoms. The number of carbonyl (C=O) groups is 1. The molecular weight excluding hydrogens is 206 g/mol. The Morgan fingerprint density at radius 3 is 2.43 bits per heavy atom. The van der Waals surface area contributed by atoms with Crippen LogP contribution in [-0.4, -0.2) is 39.4 Å². The van der Waals surface area contributed by atoms with E-state index < -0.39 is 0 Å². The monoisotopic (exact) mass is 221 g/mol. The van der Waals surface area contributed by atoms with Crippen LogP contribution in [0.15, 0.2) is 0 Å². The molecule has 4 nitrogen and oxygen atoms in total. The lowest BCUT2D eigenvalue weighted by atomic mass is 9.77. The fourth-order valence-corrected chi connectivity index (χ4v) is 2.31. The van der Waals surface area contributed by atoms with Crippen LogP contribution in [0.4, 0.5) is 0 Å². The molecule has 2 heterocycles. The third-order valence-electron chi connectivity index (χ3n) is 2.97. The number of halogens is 1. The summed E-state index contributed by atoms with van der Waals surface area (Å²) in [4.78, 5) is 11.5. The van der Waals surface area contributed by atoms with E-state index in [2.05, 4.69) is 5.32 Å². The van der Waals surface area contributed by atoms with Gasteiger partial charge in [0.25, 0.3) is 0 Å². The van der Waals surface area contributed by atoms with Gasteiger partial charge in [-0.1, -0.05) is 0 Å². The topological polar surface area (TPSA) is 47.6 Å². The molecule has 0 saturated carbocycles. The second-order valence-electron chi connectivity index (χ2n) is 3.76. The quantitative estimate of drug-likeness (QED) is 0.637. The number of esters is 1. The van der Waals surface area contributed by atoms with E-state index in [1.807, 2.05) is 0 Å². The molecular formula is C9H16ClNO3. The number of carbonyl (C=O) groups excluding carboxylic acids is 1. The predicted molar refractivity (Wildman–Crippen MR) is 53.4 cm³/mol. The lowest BCUT2D eigenvalue weighted by Crippen LogP contribution is -2.53. The highest BCUT2D eigenvalue weighted by Crippen LogP contribution is 2.30. The highest BCUT2D eigenvalue weighted by Gasteiger charge is 2.42. The fourth-order valence-electron chi connectivity index (χ4n) is 2.31. The number of methoxy groups -OCH3 is 1. The summed E-state index contributed by atoms with van der Waals surface area (Å²) in [6.45, 7) is 3.11. The standard InChI is InChI=1S/C9H15NO3.ClH/c1-12-9(11)8-6-2-10-3-7(8)5-13-4-6;/h6-8,10H,2-5H2,1H3;1H. The Hall–Kier alpha value is -0.320. The van der Waals surface area contributed by atoms with E-state index in [0.717, 1.165) is 13.1 Å². The molecule has 5 heteroatoms. The van der Waals surface area contributed by atoms with Crippen molar-refractivity contribution in [1.82, 2.24) is 5.32 Å². The van der Waals surface area contributed by atoms with E-state index in [-0.39, 0.29) is 24.3 Å². The summed E-state index contributed by atoms with van der Waals surface area (Å²) in [6, 6.07) is 0. The van der Waals surface area contributed by atoms with Gasteiger partial charge in [0.05, 0.1) is 26.2 Å². The Bertz CT molecular complexity index is 190. The normalized spacial score (nSPS) is 35.6. The van der Waals surface area contributed by atoms with Crippen LogP contribution >= 0.6 is 12.4 Å². The minimum atomic E-state index is -0.0696. The smallest absolute Gasteiger partial charge is 0.309 e. The lowest BCUT2D eigenvalue weighted by molar-refractivity contribution is -0.158. The van der Waals surface area contributed by atoms with Crippen LogP contribution in [0, 0.1) is 17.8 Å². The van der Waals surface area contributed by atoms with Gasteiger partial charge in [-0.15, -0.1) is 12.4 Å². The molecule has 14 heavy (non-hydrogen) atoms. The van der Waals surface area contributed by atoms with Crippen molar-refractivity contribution in [3.63, 3.8) is 0 Å². The zero-order valence-corrected chi connectivity index (χ0v) is 9.01. The highest BCUT2D eigenvalue weighted by molar-refractivity contribution is 5.85. The molecule has 2 saturated heterocycles. The van der Waals surface area contributed by atoms with Crippen molar-refractivity contribution in [3.05, 3.63) is 0 Å². The predicted octanol–water partition coefficient (Wildman–Crippen LogP) is 0.0632. The molecule has 0 amide bonds. The van der Waals surface area contributed by atoms with Crippen molar-refractivity contribution in [1.29, 1.82) is 0 Å². The van der Waals surface area contributed by atoms with Gasteiger partial charge in [0, 0.05) is 24.9 Å². The Kier molecular flexibility index (Phi) is 4.16. The third-order valence-corrected chi connectivity index (χ3v) is 2.97. The van der Waals surface area contributed by atoms with Gasteiger partial charge in [-0.2, -0.15) is 0 Å². The molecule has 82 valence electrons. The fraction of sp³-hybridized carbons (Fsp3) is 0.889. The Labute approximate surface area is 89.7 Å². The van der Waals surface area contributed by atoms with E-state index in [9.17, 15) is 4.79 Å². The van der Waals surface area contributed by atoms with E-state index in [1.54, 1.807) is 0 Å². The first-order valence-corrected chi connectivity index (χ1v) is 4.69. The maximum atomic E-state index is 11.5. The van der Waals surface area contributed by atoms with Crippen molar-refractivity contribution in [2.45, 2.75) is 0 Å². The second kappa shape index (κ2) is 4.96. The molecule has 2 unspecified atom stereocenters.